The highest BCUT2D eigenvalue weighted by Gasteiger charge is 2.24. The number of phenols is 1. The number of piperazine rings is 1. The van der Waals surface area contributed by atoms with Gasteiger partial charge in [-0.15, -0.1) is 11.3 Å². The van der Waals surface area contributed by atoms with Crippen LogP contribution in [0.15, 0.2) is 53.9 Å². The summed E-state index contributed by atoms with van der Waals surface area (Å²) < 4.78 is 26.6. The molecular formula is C23H21F2N3O3S. The monoisotopic (exact) mass is 457 g/mol. The lowest BCUT2D eigenvalue weighted by Crippen LogP contribution is -2.48. The number of benzene rings is 2. The van der Waals surface area contributed by atoms with Gasteiger partial charge in [0.05, 0.1) is 5.56 Å². The molecule has 2 N–H and O–H groups in total. The van der Waals surface area contributed by atoms with Gasteiger partial charge in [-0.25, -0.2) is 8.78 Å². The van der Waals surface area contributed by atoms with E-state index < -0.39 is 17.5 Å². The Hall–Kier alpha value is -3.30. The first-order valence-electron chi connectivity index (χ1n) is 10.0. The zero-order valence-corrected chi connectivity index (χ0v) is 17.9. The number of nitrogens with one attached hydrogen (secondary N) is 1. The molecule has 1 aromatic heterocycles. The Kier molecular flexibility index (Phi) is 6.48. The van der Waals surface area contributed by atoms with Crippen molar-refractivity contribution < 1.29 is 23.5 Å². The molecule has 0 aliphatic carbocycles. The Morgan fingerprint density at radius 2 is 1.72 bits per heavy atom. The molecule has 0 atom stereocenters. The molecule has 0 unspecified atom stereocenters. The van der Waals surface area contributed by atoms with Crippen molar-refractivity contribution in [1.82, 2.24) is 9.80 Å². The lowest BCUT2D eigenvalue weighted by Gasteiger charge is -2.34. The van der Waals surface area contributed by atoms with Gasteiger partial charge < -0.3 is 15.3 Å². The molecule has 0 spiro atoms. The molecule has 1 aliphatic heterocycles. The number of anilines is 1. The highest BCUT2D eigenvalue weighted by molar-refractivity contribution is 7.09. The van der Waals surface area contributed by atoms with E-state index in [1.807, 2.05) is 11.4 Å². The van der Waals surface area contributed by atoms with Gasteiger partial charge in [0.15, 0.2) is 0 Å². The van der Waals surface area contributed by atoms with Crippen LogP contribution in [-0.2, 0) is 6.54 Å². The minimum absolute atomic E-state index is 0.131. The number of rotatable bonds is 5. The van der Waals surface area contributed by atoms with E-state index in [-0.39, 0.29) is 28.5 Å². The first kappa shape index (κ1) is 21.9. The van der Waals surface area contributed by atoms with Gasteiger partial charge in [0, 0.05) is 61.0 Å². The summed E-state index contributed by atoms with van der Waals surface area (Å²) in [5, 5.41) is 14.9. The van der Waals surface area contributed by atoms with E-state index in [2.05, 4.69) is 16.3 Å². The third kappa shape index (κ3) is 5.12. The van der Waals surface area contributed by atoms with Crippen molar-refractivity contribution in [3.8, 4) is 5.75 Å². The molecule has 0 bridgehead atoms. The summed E-state index contributed by atoms with van der Waals surface area (Å²) in [5.41, 5.74) is 0.142. The van der Waals surface area contributed by atoms with Crippen LogP contribution in [0, 0.1) is 11.6 Å². The van der Waals surface area contributed by atoms with E-state index in [1.54, 1.807) is 16.2 Å². The fourth-order valence-corrected chi connectivity index (χ4v) is 4.33. The van der Waals surface area contributed by atoms with Crippen molar-refractivity contribution in [2.24, 2.45) is 0 Å². The van der Waals surface area contributed by atoms with E-state index in [0.717, 1.165) is 31.8 Å². The summed E-state index contributed by atoms with van der Waals surface area (Å²) in [6.45, 7) is 3.43. The molecule has 2 amide bonds. The lowest BCUT2D eigenvalue weighted by molar-refractivity contribution is 0.0626. The molecular weight excluding hydrogens is 436 g/mol. The smallest absolute Gasteiger partial charge is 0.257 e. The summed E-state index contributed by atoms with van der Waals surface area (Å²) in [6, 6.07) is 10.7. The summed E-state index contributed by atoms with van der Waals surface area (Å²) >= 11 is 1.71. The number of thiophene rings is 1. The molecule has 4 rings (SSSR count). The molecule has 1 aliphatic rings. The van der Waals surface area contributed by atoms with E-state index >= 15 is 0 Å². The van der Waals surface area contributed by atoms with Crippen molar-refractivity contribution >= 4 is 28.8 Å². The Labute approximate surface area is 187 Å². The standard InChI is InChI=1S/C23H21F2N3O3S/c24-16-10-15(11-17(25)12-16)22(30)26-18-3-4-20(21(29)13-18)23(31)28-7-5-27(6-8-28)14-19-2-1-9-32-19/h1-4,9-13,29H,5-8,14H2,(H,26,30). The number of nitrogens with zero attached hydrogens (tertiary/aromatic N) is 2. The zero-order valence-electron chi connectivity index (χ0n) is 17.1. The van der Waals surface area contributed by atoms with Crippen LogP contribution >= 0.6 is 11.3 Å². The molecule has 32 heavy (non-hydrogen) atoms. The van der Waals surface area contributed by atoms with Gasteiger partial charge in [0.25, 0.3) is 11.8 Å². The molecule has 2 aromatic carbocycles. The number of hydrogen-bond donors (Lipinski definition) is 2. The van der Waals surface area contributed by atoms with E-state index in [4.69, 9.17) is 0 Å². The van der Waals surface area contributed by atoms with Crippen LogP contribution in [-0.4, -0.2) is 52.9 Å². The molecule has 1 saturated heterocycles. The quantitative estimate of drug-likeness (QED) is 0.609. The first-order chi connectivity index (χ1) is 15.4. The predicted octanol–water partition coefficient (Wildman–Crippen LogP) is 3.94. The maximum absolute atomic E-state index is 13.3. The average Bonchev–Trinajstić information content (AvgIpc) is 3.26. The van der Waals surface area contributed by atoms with Gasteiger partial charge in [-0.2, -0.15) is 0 Å². The second kappa shape index (κ2) is 9.46. The Bertz CT molecular complexity index is 1110. The largest absolute Gasteiger partial charge is 0.507 e. The summed E-state index contributed by atoms with van der Waals surface area (Å²) in [4.78, 5) is 30.3. The van der Waals surface area contributed by atoms with Gasteiger partial charge in [-0.05, 0) is 35.7 Å². The SMILES string of the molecule is O=C(Nc1ccc(C(=O)N2CCN(Cc3cccs3)CC2)c(O)c1)c1cc(F)cc(F)c1. The van der Waals surface area contributed by atoms with E-state index in [9.17, 15) is 23.5 Å². The number of aromatic hydroxyl groups is 1. The second-order valence-corrected chi connectivity index (χ2v) is 8.52. The molecule has 0 saturated carbocycles. The number of hydrogen-bond acceptors (Lipinski definition) is 5. The van der Waals surface area contributed by atoms with Crippen molar-refractivity contribution in [2.45, 2.75) is 6.54 Å². The number of carbonyl (C=O) groups is 2. The van der Waals surface area contributed by atoms with Crippen LogP contribution in [0.5, 0.6) is 5.75 Å². The average molecular weight is 458 g/mol. The number of carbonyl (C=O) groups excluding carboxylic acids is 2. The molecule has 0 radical (unpaired) electrons. The minimum Gasteiger partial charge on any atom is -0.507 e. The van der Waals surface area contributed by atoms with Gasteiger partial charge in [-0.3, -0.25) is 14.5 Å². The highest BCUT2D eigenvalue weighted by Crippen LogP contribution is 2.25. The Morgan fingerprint density at radius 3 is 2.34 bits per heavy atom. The topological polar surface area (TPSA) is 72.9 Å². The fraction of sp³-hybridized carbons (Fsp3) is 0.217. The van der Waals surface area contributed by atoms with Crippen molar-refractivity contribution in [3.05, 3.63) is 81.5 Å². The highest BCUT2D eigenvalue weighted by atomic mass is 32.1. The van der Waals surface area contributed by atoms with E-state index in [0.29, 0.717) is 19.2 Å². The third-order valence-electron chi connectivity index (χ3n) is 5.23. The molecule has 1 fully saturated rings. The van der Waals surface area contributed by atoms with Gasteiger partial charge in [0.1, 0.15) is 17.4 Å². The Balaban J connectivity index is 1.37. The molecule has 3 aromatic rings. The molecule has 166 valence electrons. The molecule has 2 heterocycles. The number of phenolic OH excluding ortho intramolecular Hbond substituents is 1. The summed E-state index contributed by atoms with van der Waals surface area (Å²) in [6.07, 6.45) is 0. The van der Waals surface area contributed by atoms with Crippen LogP contribution in [0.1, 0.15) is 25.6 Å². The van der Waals surface area contributed by atoms with Crippen LogP contribution in [0.4, 0.5) is 14.5 Å². The van der Waals surface area contributed by atoms with Crippen molar-refractivity contribution in [1.29, 1.82) is 0 Å². The summed E-state index contributed by atoms with van der Waals surface area (Å²) in [7, 11) is 0. The van der Waals surface area contributed by atoms with Crippen LogP contribution in [0.3, 0.4) is 0 Å². The zero-order chi connectivity index (χ0) is 22.7. The van der Waals surface area contributed by atoms with Crippen molar-refractivity contribution in [3.63, 3.8) is 0 Å². The van der Waals surface area contributed by atoms with Gasteiger partial charge in [0.2, 0.25) is 0 Å². The van der Waals surface area contributed by atoms with Crippen molar-refractivity contribution in [2.75, 3.05) is 31.5 Å². The molecule has 9 heteroatoms. The number of amides is 2. The third-order valence-corrected chi connectivity index (χ3v) is 6.09. The van der Waals surface area contributed by atoms with Crippen LogP contribution in [0.25, 0.3) is 0 Å². The van der Waals surface area contributed by atoms with Gasteiger partial charge in [-0.1, -0.05) is 6.07 Å². The lowest BCUT2D eigenvalue weighted by atomic mass is 10.1. The minimum atomic E-state index is -0.866. The van der Waals surface area contributed by atoms with E-state index in [1.165, 1.54) is 23.1 Å². The van der Waals surface area contributed by atoms with Crippen LogP contribution < -0.4 is 5.32 Å². The maximum atomic E-state index is 13.3. The van der Waals surface area contributed by atoms with Gasteiger partial charge >= 0.3 is 0 Å². The molecule has 6 nitrogen and oxygen atoms in total. The predicted molar refractivity (Wildman–Crippen MR) is 118 cm³/mol. The maximum Gasteiger partial charge on any atom is 0.257 e. The Morgan fingerprint density at radius 1 is 1.00 bits per heavy atom. The fourth-order valence-electron chi connectivity index (χ4n) is 3.58. The summed E-state index contributed by atoms with van der Waals surface area (Å²) in [5.74, 6) is -3.03. The second-order valence-electron chi connectivity index (χ2n) is 7.49. The first-order valence-corrected chi connectivity index (χ1v) is 10.9. The normalized spacial score (nSPS) is 14.4. The number of halogens is 2. The van der Waals surface area contributed by atoms with Crippen LogP contribution in [0.2, 0.25) is 0 Å².